The highest BCUT2D eigenvalue weighted by molar-refractivity contribution is 9.10. The van der Waals surface area contributed by atoms with Crippen molar-refractivity contribution in [2.24, 2.45) is 0 Å². The van der Waals surface area contributed by atoms with Crippen LogP contribution in [0.4, 0.5) is 0 Å². The molecule has 2 aromatic rings. The number of halogens is 1. The van der Waals surface area contributed by atoms with Crippen molar-refractivity contribution in [1.82, 2.24) is 10.6 Å². The third-order valence-corrected chi connectivity index (χ3v) is 5.54. The molecule has 2 aromatic carbocycles. The van der Waals surface area contributed by atoms with E-state index in [0.717, 1.165) is 21.9 Å². The van der Waals surface area contributed by atoms with E-state index in [2.05, 4.69) is 26.6 Å². The summed E-state index contributed by atoms with van der Waals surface area (Å²) in [7, 11) is -3.24. The summed E-state index contributed by atoms with van der Waals surface area (Å²) in [5.74, 6) is -0.434. The topological polar surface area (TPSA) is 92.3 Å². The van der Waals surface area contributed by atoms with Crippen LogP contribution in [-0.2, 0) is 26.0 Å². The lowest BCUT2D eigenvalue weighted by atomic mass is 10.0. The van der Waals surface area contributed by atoms with Crippen molar-refractivity contribution in [3.8, 4) is 0 Å². The summed E-state index contributed by atoms with van der Waals surface area (Å²) in [4.78, 5) is 24.0. The molecule has 1 atom stereocenters. The van der Waals surface area contributed by atoms with Gasteiger partial charge in [-0.15, -0.1) is 0 Å². The molecule has 2 rings (SSSR count). The molecule has 0 bridgehead atoms. The Morgan fingerprint density at radius 3 is 2.15 bits per heavy atom. The number of sulfone groups is 1. The average Bonchev–Trinajstić information content (AvgIpc) is 2.59. The van der Waals surface area contributed by atoms with Crippen molar-refractivity contribution >= 4 is 37.6 Å². The van der Waals surface area contributed by atoms with Crippen LogP contribution in [0.15, 0.2) is 57.9 Å². The van der Waals surface area contributed by atoms with E-state index in [-0.39, 0.29) is 29.7 Å². The van der Waals surface area contributed by atoms with E-state index in [9.17, 15) is 18.0 Å². The molecule has 8 heteroatoms. The summed E-state index contributed by atoms with van der Waals surface area (Å²) in [6.45, 7) is 1.68. The molecule has 6 nitrogen and oxygen atoms in total. The van der Waals surface area contributed by atoms with E-state index < -0.39 is 15.9 Å². The van der Waals surface area contributed by atoms with Crippen molar-refractivity contribution in [1.29, 1.82) is 0 Å². The number of amides is 2. The van der Waals surface area contributed by atoms with E-state index in [1.54, 1.807) is 12.1 Å². The molecule has 2 amide bonds. The second-order valence-corrected chi connectivity index (χ2v) is 9.13. The molecular formula is C19H21BrN2O4S. The zero-order valence-electron chi connectivity index (χ0n) is 15.0. The smallest absolute Gasteiger partial charge is 0.222 e. The van der Waals surface area contributed by atoms with Gasteiger partial charge >= 0.3 is 0 Å². The van der Waals surface area contributed by atoms with Crippen LogP contribution in [0.25, 0.3) is 0 Å². The molecule has 0 aliphatic heterocycles. The number of hydrogen-bond donors (Lipinski definition) is 2. The van der Waals surface area contributed by atoms with Gasteiger partial charge in [-0.05, 0) is 35.4 Å². The normalized spacial score (nSPS) is 12.3. The highest BCUT2D eigenvalue weighted by atomic mass is 79.9. The molecule has 0 spiro atoms. The van der Waals surface area contributed by atoms with Gasteiger partial charge in [0.1, 0.15) is 0 Å². The van der Waals surface area contributed by atoms with Crippen LogP contribution in [0.2, 0.25) is 0 Å². The van der Waals surface area contributed by atoms with Gasteiger partial charge in [-0.25, -0.2) is 8.42 Å². The average molecular weight is 453 g/mol. The van der Waals surface area contributed by atoms with Gasteiger partial charge in [0.05, 0.1) is 17.4 Å². The Balaban J connectivity index is 1.99. The zero-order valence-corrected chi connectivity index (χ0v) is 17.4. The molecule has 0 fully saturated rings. The fraction of sp³-hybridized carbons (Fsp3) is 0.263. The first-order valence-corrected chi connectivity index (χ1v) is 10.9. The van der Waals surface area contributed by atoms with Crippen LogP contribution >= 0.6 is 15.9 Å². The Morgan fingerprint density at radius 1 is 1.04 bits per heavy atom. The van der Waals surface area contributed by atoms with Crippen molar-refractivity contribution in [3.05, 3.63) is 64.1 Å². The molecule has 0 aliphatic rings. The van der Waals surface area contributed by atoms with Gasteiger partial charge in [0.25, 0.3) is 0 Å². The first kappa shape index (κ1) is 21.1. The highest BCUT2D eigenvalue weighted by Crippen LogP contribution is 2.20. The lowest BCUT2D eigenvalue weighted by molar-refractivity contribution is -0.122. The first-order valence-electron chi connectivity index (χ1n) is 8.23. The lowest BCUT2D eigenvalue weighted by Gasteiger charge is -2.18. The third-order valence-electron chi connectivity index (χ3n) is 3.88. The Bertz CT molecular complexity index is 910. The Hall–Kier alpha value is -2.19. The van der Waals surface area contributed by atoms with Gasteiger partial charge < -0.3 is 10.6 Å². The maximum atomic E-state index is 12.3. The second kappa shape index (κ2) is 9.14. The van der Waals surface area contributed by atoms with Crippen LogP contribution in [-0.4, -0.2) is 26.5 Å². The minimum Gasteiger partial charge on any atom is -0.352 e. The van der Waals surface area contributed by atoms with E-state index >= 15 is 0 Å². The fourth-order valence-electron chi connectivity index (χ4n) is 2.51. The summed E-state index contributed by atoms with van der Waals surface area (Å²) in [6.07, 6.45) is 1.25. The molecule has 2 N–H and O–H groups in total. The summed E-state index contributed by atoms with van der Waals surface area (Å²) in [5, 5.41) is 5.58. The quantitative estimate of drug-likeness (QED) is 0.675. The van der Waals surface area contributed by atoms with Crippen LogP contribution in [0.3, 0.4) is 0 Å². The highest BCUT2D eigenvalue weighted by Gasteiger charge is 2.17. The van der Waals surface area contributed by atoms with Gasteiger partial charge in [0, 0.05) is 24.2 Å². The van der Waals surface area contributed by atoms with E-state index in [0.29, 0.717) is 0 Å². The Kier molecular flexibility index (Phi) is 7.15. The molecule has 0 saturated carbocycles. The van der Waals surface area contributed by atoms with E-state index in [4.69, 9.17) is 0 Å². The Morgan fingerprint density at radius 2 is 1.63 bits per heavy atom. The summed E-state index contributed by atoms with van der Waals surface area (Å²) in [6, 6.07) is 13.3. The van der Waals surface area contributed by atoms with Gasteiger partial charge in [0.2, 0.25) is 11.8 Å². The first-order chi connectivity index (χ1) is 12.6. The minimum atomic E-state index is -3.24. The fourth-order valence-corrected chi connectivity index (χ4v) is 3.40. The maximum absolute atomic E-state index is 12.3. The Labute approximate surface area is 167 Å². The second-order valence-electron chi connectivity index (χ2n) is 6.20. The minimum absolute atomic E-state index is 0.0998. The zero-order chi connectivity index (χ0) is 20.0. The number of hydrogen-bond acceptors (Lipinski definition) is 4. The van der Waals surface area contributed by atoms with E-state index in [1.165, 1.54) is 19.1 Å². The monoisotopic (exact) mass is 452 g/mol. The van der Waals surface area contributed by atoms with Crippen molar-refractivity contribution in [2.45, 2.75) is 30.8 Å². The molecule has 0 saturated heterocycles. The molecule has 0 heterocycles. The summed E-state index contributed by atoms with van der Waals surface area (Å²) in [5.41, 5.74) is 1.62. The molecule has 1 unspecified atom stereocenters. The molecular weight excluding hydrogens is 432 g/mol. The number of rotatable bonds is 7. The predicted octanol–water partition coefficient (Wildman–Crippen LogP) is 2.74. The SMILES string of the molecule is CC(=O)NC(CC(=O)NCc1ccc(S(C)(=O)=O)cc1)c1ccc(Br)cc1. The van der Waals surface area contributed by atoms with Gasteiger partial charge in [-0.3, -0.25) is 9.59 Å². The van der Waals surface area contributed by atoms with Gasteiger partial charge in [0.15, 0.2) is 9.84 Å². The number of carbonyl (C=O) groups excluding carboxylic acids is 2. The molecule has 0 radical (unpaired) electrons. The largest absolute Gasteiger partial charge is 0.352 e. The third kappa shape index (κ3) is 6.80. The van der Waals surface area contributed by atoms with Crippen LogP contribution in [0.1, 0.15) is 30.5 Å². The van der Waals surface area contributed by atoms with Gasteiger partial charge in [-0.2, -0.15) is 0 Å². The van der Waals surface area contributed by atoms with Crippen molar-refractivity contribution < 1.29 is 18.0 Å². The van der Waals surface area contributed by atoms with Crippen LogP contribution in [0, 0.1) is 0 Å². The summed E-state index contributed by atoms with van der Waals surface area (Å²) >= 11 is 3.36. The van der Waals surface area contributed by atoms with Crippen LogP contribution < -0.4 is 10.6 Å². The summed E-state index contributed by atoms with van der Waals surface area (Å²) < 4.78 is 23.8. The van der Waals surface area contributed by atoms with Gasteiger partial charge in [-0.1, -0.05) is 40.2 Å². The number of carbonyl (C=O) groups is 2. The molecule has 27 heavy (non-hydrogen) atoms. The maximum Gasteiger partial charge on any atom is 0.222 e. The number of nitrogens with one attached hydrogen (secondary N) is 2. The predicted molar refractivity (Wildman–Crippen MR) is 107 cm³/mol. The molecule has 0 aliphatic carbocycles. The molecule has 0 aromatic heterocycles. The lowest BCUT2D eigenvalue weighted by Crippen LogP contribution is -2.32. The van der Waals surface area contributed by atoms with Crippen molar-refractivity contribution in [3.63, 3.8) is 0 Å². The standard InChI is InChI=1S/C19H21BrN2O4S/c1-13(23)22-18(15-5-7-16(20)8-6-15)11-19(24)21-12-14-3-9-17(10-4-14)27(2,25)26/h3-10,18H,11-12H2,1-2H3,(H,21,24)(H,22,23). The van der Waals surface area contributed by atoms with E-state index in [1.807, 2.05) is 24.3 Å². The van der Waals surface area contributed by atoms with Crippen molar-refractivity contribution in [2.75, 3.05) is 6.26 Å². The molecule has 144 valence electrons. The van der Waals surface area contributed by atoms with Crippen LogP contribution in [0.5, 0.6) is 0 Å². The number of benzene rings is 2.